The SMILES string of the molecule is c1ccc(C[n+]2ccnc(C3CCCC3)c2)cc1. The number of aromatic nitrogens is 2. The minimum absolute atomic E-state index is 0.688. The maximum absolute atomic E-state index is 4.54. The van der Waals surface area contributed by atoms with Gasteiger partial charge in [0.1, 0.15) is 5.69 Å². The summed E-state index contributed by atoms with van der Waals surface area (Å²) in [5.74, 6) is 0.688. The molecule has 3 rings (SSSR count). The van der Waals surface area contributed by atoms with Gasteiger partial charge < -0.3 is 0 Å². The molecule has 0 bridgehead atoms. The van der Waals surface area contributed by atoms with Crippen molar-refractivity contribution in [1.82, 2.24) is 4.98 Å². The third kappa shape index (κ3) is 2.58. The van der Waals surface area contributed by atoms with Crippen molar-refractivity contribution in [2.75, 3.05) is 0 Å². The minimum Gasteiger partial charge on any atom is -0.249 e. The Morgan fingerprint density at radius 1 is 1.11 bits per heavy atom. The van der Waals surface area contributed by atoms with Crippen molar-refractivity contribution in [1.29, 1.82) is 0 Å². The third-order valence-electron chi connectivity index (χ3n) is 3.76. The molecule has 1 aromatic carbocycles. The molecule has 92 valence electrons. The van der Waals surface area contributed by atoms with Crippen molar-refractivity contribution in [3.8, 4) is 0 Å². The molecule has 0 unspecified atom stereocenters. The fourth-order valence-electron chi connectivity index (χ4n) is 2.78. The molecule has 0 saturated heterocycles. The molecule has 0 amide bonds. The number of hydrogen-bond acceptors (Lipinski definition) is 1. The van der Waals surface area contributed by atoms with Crippen LogP contribution in [0.5, 0.6) is 0 Å². The molecule has 2 aromatic rings. The predicted octanol–water partition coefficient (Wildman–Crippen LogP) is 3.08. The van der Waals surface area contributed by atoms with E-state index in [1.54, 1.807) is 0 Å². The highest BCUT2D eigenvalue weighted by Crippen LogP contribution is 2.32. The van der Waals surface area contributed by atoms with E-state index in [0.717, 1.165) is 6.54 Å². The first-order valence-electron chi connectivity index (χ1n) is 6.81. The molecular weight excluding hydrogens is 220 g/mol. The molecule has 2 heteroatoms. The van der Waals surface area contributed by atoms with Gasteiger partial charge in [0.05, 0.1) is 6.20 Å². The maximum Gasteiger partial charge on any atom is 0.191 e. The Bertz CT molecular complexity index is 502. The third-order valence-corrected chi connectivity index (χ3v) is 3.76. The fourth-order valence-corrected chi connectivity index (χ4v) is 2.78. The van der Waals surface area contributed by atoms with Crippen LogP contribution in [0.25, 0.3) is 0 Å². The molecule has 0 spiro atoms. The van der Waals surface area contributed by atoms with Crippen LogP contribution in [0.2, 0.25) is 0 Å². The van der Waals surface area contributed by atoms with Crippen LogP contribution in [-0.4, -0.2) is 4.98 Å². The Kier molecular flexibility index (Phi) is 3.35. The standard InChI is InChI=1S/C16H19N2/c1-2-6-14(7-3-1)12-18-11-10-17-16(13-18)15-8-4-5-9-15/h1-3,6-7,10-11,13,15H,4-5,8-9,12H2/q+1. The lowest BCUT2D eigenvalue weighted by molar-refractivity contribution is -0.689. The summed E-state index contributed by atoms with van der Waals surface area (Å²) in [7, 11) is 0. The van der Waals surface area contributed by atoms with Gasteiger partial charge in [0.25, 0.3) is 0 Å². The van der Waals surface area contributed by atoms with Gasteiger partial charge >= 0.3 is 0 Å². The Balaban J connectivity index is 1.78. The molecule has 0 aliphatic heterocycles. The summed E-state index contributed by atoms with van der Waals surface area (Å²) in [6.45, 7) is 0.934. The lowest BCUT2D eigenvalue weighted by Gasteiger charge is -2.06. The van der Waals surface area contributed by atoms with Crippen molar-refractivity contribution >= 4 is 0 Å². The summed E-state index contributed by atoms with van der Waals surface area (Å²) in [6.07, 6.45) is 11.6. The van der Waals surface area contributed by atoms with Crippen molar-refractivity contribution < 1.29 is 4.57 Å². The van der Waals surface area contributed by atoms with E-state index >= 15 is 0 Å². The normalized spacial score (nSPS) is 16.0. The summed E-state index contributed by atoms with van der Waals surface area (Å²) in [4.78, 5) is 4.54. The van der Waals surface area contributed by atoms with E-state index in [-0.39, 0.29) is 0 Å². The van der Waals surface area contributed by atoms with E-state index < -0.39 is 0 Å². The first-order chi connectivity index (χ1) is 8.92. The molecule has 0 atom stereocenters. The number of benzene rings is 1. The molecule has 1 aromatic heterocycles. The van der Waals surface area contributed by atoms with Crippen LogP contribution >= 0.6 is 0 Å². The summed E-state index contributed by atoms with van der Waals surface area (Å²) >= 11 is 0. The van der Waals surface area contributed by atoms with Gasteiger partial charge in [0.2, 0.25) is 0 Å². The minimum atomic E-state index is 0.688. The zero-order chi connectivity index (χ0) is 12.2. The van der Waals surface area contributed by atoms with E-state index in [0.29, 0.717) is 5.92 Å². The molecule has 2 nitrogen and oxygen atoms in total. The van der Waals surface area contributed by atoms with E-state index in [9.17, 15) is 0 Å². The van der Waals surface area contributed by atoms with Crippen molar-refractivity contribution in [3.63, 3.8) is 0 Å². The average molecular weight is 239 g/mol. The molecule has 1 saturated carbocycles. The van der Waals surface area contributed by atoms with Crippen LogP contribution in [0.1, 0.15) is 42.9 Å². The highest BCUT2D eigenvalue weighted by atomic mass is 15.0. The van der Waals surface area contributed by atoms with Gasteiger partial charge in [-0.25, -0.2) is 4.98 Å². The highest BCUT2D eigenvalue weighted by molar-refractivity contribution is 5.13. The average Bonchev–Trinajstić information content (AvgIpc) is 2.94. The predicted molar refractivity (Wildman–Crippen MR) is 71.2 cm³/mol. The second-order valence-electron chi connectivity index (χ2n) is 5.12. The van der Waals surface area contributed by atoms with E-state index in [1.807, 2.05) is 6.20 Å². The first kappa shape index (κ1) is 11.4. The number of rotatable bonds is 3. The highest BCUT2D eigenvalue weighted by Gasteiger charge is 2.20. The van der Waals surface area contributed by atoms with Crippen LogP contribution < -0.4 is 4.57 Å². The van der Waals surface area contributed by atoms with Crippen LogP contribution in [0.3, 0.4) is 0 Å². The molecular formula is C16H19N2+. The van der Waals surface area contributed by atoms with Crippen LogP contribution in [0.15, 0.2) is 48.9 Å². The van der Waals surface area contributed by atoms with Gasteiger partial charge in [0, 0.05) is 11.5 Å². The van der Waals surface area contributed by atoms with Gasteiger partial charge in [-0.15, -0.1) is 0 Å². The quantitative estimate of drug-likeness (QED) is 0.752. The largest absolute Gasteiger partial charge is 0.249 e. The zero-order valence-corrected chi connectivity index (χ0v) is 10.6. The van der Waals surface area contributed by atoms with Crippen molar-refractivity contribution in [2.45, 2.75) is 38.1 Å². The molecule has 1 aliphatic carbocycles. The number of hydrogen-bond donors (Lipinski definition) is 0. The Morgan fingerprint density at radius 2 is 1.89 bits per heavy atom. The summed E-state index contributed by atoms with van der Waals surface area (Å²) in [5, 5.41) is 0. The fraction of sp³-hybridized carbons (Fsp3) is 0.375. The second kappa shape index (κ2) is 5.30. The van der Waals surface area contributed by atoms with E-state index in [1.165, 1.54) is 36.9 Å². The monoisotopic (exact) mass is 239 g/mol. The Hall–Kier alpha value is -1.70. The topological polar surface area (TPSA) is 16.8 Å². The maximum atomic E-state index is 4.54. The lowest BCUT2D eigenvalue weighted by Crippen LogP contribution is -2.34. The Labute approximate surface area is 108 Å². The summed E-state index contributed by atoms with van der Waals surface area (Å²) < 4.78 is 2.25. The second-order valence-corrected chi connectivity index (χ2v) is 5.12. The number of nitrogens with zero attached hydrogens (tertiary/aromatic N) is 2. The molecule has 18 heavy (non-hydrogen) atoms. The van der Waals surface area contributed by atoms with E-state index in [2.05, 4.69) is 52.3 Å². The summed E-state index contributed by atoms with van der Waals surface area (Å²) in [5.41, 5.74) is 2.61. The smallest absolute Gasteiger partial charge is 0.191 e. The van der Waals surface area contributed by atoms with Crippen LogP contribution in [0, 0.1) is 0 Å². The Morgan fingerprint density at radius 3 is 2.67 bits per heavy atom. The van der Waals surface area contributed by atoms with Crippen molar-refractivity contribution in [2.24, 2.45) is 0 Å². The van der Waals surface area contributed by atoms with E-state index in [4.69, 9.17) is 0 Å². The van der Waals surface area contributed by atoms with Crippen LogP contribution in [0.4, 0.5) is 0 Å². The van der Waals surface area contributed by atoms with Gasteiger partial charge in [-0.05, 0) is 12.8 Å². The zero-order valence-electron chi connectivity index (χ0n) is 10.6. The van der Waals surface area contributed by atoms with Crippen molar-refractivity contribution in [3.05, 3.63) is 60.2 Å². The van der Waals surface area contributed by atoms with Crippen LogP contribution in [-0.2, 0) is 6.54 Å². The van der Waals surface area contributed by atoms with Gasteiger partial charge in [-0.2, -0.15) is 4.57 Å². The molecule has 1 fully saturated rings. The molecule has 1 heterocycles. The van der Waals surface area contributed by atoms with Gasteiger partial charge in [-0.1, -0.05) is 43.2 Å². The van der Waals surface area contributed by atoms with Gasteiger partial charge in [-0.3, -0.25) is 0 Å². The lowest BCUT2D eigenvalue weighted by atomic mass is 10.1. The van der Waals surface area contributed by atoms with Gasteiger partial charge in [0.15, 0.2) is 18.9 Å². The first-order valence-corrected chi connectivity index (χ1v) is 6.81. The molecule has 0 N–H and O–H groups in total. The molecule has 0 radical (unpaired) electrons. The summed E-state index contributed by atoms with van der Waals surface area (Å²) in [6, 6.07) is 10.6. The molecule has 1 aliphatic rings.